The number of alkyl halides is 3. The normalized spacial score (nSPS) is 13.4. The highest BCUT2D eigenvalue weighted by molar-refractivity contribution is 6.15. The molecule has 0 radical (unpaired) electrons. The Hall–Kier alpha value is -4.28. The van der Waals surface area contributed by atoms with Crippen LogP contribution in [0.3, 0.4) is 0 Å². The highest BCUT2D eigenvalue weighted by Crippen LogP contribution is 2.36. The zero-order valence-corrected chi connectivity index (χ0v) is 24.6. The maximum absolute atomic E-state index is 11.6. The van der Waals surface area contributed by atoms with Gasteiger partial charge in [0.25, 0.3) is 0 Å². The lowest BCUT2D eigenvalue weighted by Crippen LogP contribution is -2.25. The van der Waals surface area contributed by atoms with Crippen LogP contribution < -0.4 is 10.5 Å². The van der Waals surface area contributed by atoms with Gasteiger partial charge in [0.05, 0.1) is 6.20 Å². The van der Waals surface area contributed by atoms with Crippen molar-refractivity contribution >= 4 is 23.0 Å². The van der Waals surface area contributed by atoms with Crippen LogP contribution in [-0.2, 0) is 16.1 Å². The van der Waals surface area contributed by atoms with Gasteiger partial charge in [-0.2, -0.15) is 5.10 Å². The van der Waals surface area contributed by atoms with Gasteiger partial charge in [0.15, 0.2) is 11.6 Å². The fraction of sp³-hybridized carbons (Fsp3) is 0.355. The van der Waals surface area contributed by atoms with Gasteiger partial charge in [-0.05, 0) is 51.3 Å². The molecule has 0 bridgehead atoms. The van der Waals surface area contributed by atoms with Crippen LogP contribution in [0.5, 0.6) is 5.75 Å². The third-order valence-corrected chi connectivity index (χ3v) is 5.94. The van der Waals surface area contributed by atoms with E-state index in [4.69, 9.17) is 5.73 Å². The number of amides is 1. The minimum absolute atomic E-state index is 0.0723. The van der Waals surface area contributed by atoms with E-state index in [2.05, 4.69) is 41.8 Å². The SMILES string of the molecule is C=C(F)C(C)=O.C=C/C=C(\C(C(=NC)C1CCC1)=C(C)C)c1cnn(CC(N)=O)c1.Cc1ccc(OC(F)(F)F)cc1. The van der Waals surface area contributed by atoms with E-state index in [1.807, 2.05) is 19.3 Å². The van der Waals surface area contributed by atoms with Crippen LogP contribution in [0.4, 0.5) is 17.6 Å². The van der Waals surface area contributed by atoms with Crippen molar-refractivity contribution in [2.45, 2.75) is 59.9 Å². The quantitative estimate of drug-likeness (QED) is 0.146. The lowest BCUT2D eigenvalue weighted by atomic mass is 9.76. The number of Topliss-reactive ketones (excluding diaryl/α,β-unsaturated/α-hetero) is 1. The van der Waals surface area contributed by atoms with Gasteiger partial charge in [-0.15, -0.1) is 13.2 Å². The lowest BCUT2D eigenvalue weighted by Gasteiger charge is -2.30. The average molecular weight is 591 g/mol. The summed E-state index contributed by atoms with van der Waals surface area (Å²) in [5.41, 5.74) is 11.6. The second kappa shape index (κ2) is 16.9. The molecule has 11 heteroatoms. The molecular weight excluding hydrogens is 552 g/mol. The van der Waals surface area contributed by atoms with Crippen molar-refractivity contribution in [2.24, 2.45) is 16.6 Å². The molecule has 0 spiro atoms. The summed E-state index contributed by atoms with van der Waals surface area (Å²) in [7, 11) is 1.86. The van der Waals surface area contributed by atoms with Crippen LogP contribution in [0.15, 0.2) is 83.9 Å². The van der Waals surface area contributed by atoms with Crippen molar-refractivity contribution in [3.8, 4) is 5.75 Å². The Bertz CT molecular complexity index is 1320. The van der Waals surface area contributed by atoms with Crippen LogP contribution in [0.1, 0.15) is 51.2 Å². The maximum Gasteiger partial charge on any atom is 0.573 e. The third kappa shape index (κ3) is 12.5. The monoisotopic (exact) mass is 590 g/mol. The Morgan fingerprint density at radius 1 is 1.19 bits per heavy atom. The van der Waals surface area contributed by atoms with Gasteiger partial charge in [0, 0.05) is 42.9 Å². The van der Waals surface area contributed by atoms with E-state index in [0.717, 1.165) is 34.9 Å². The average Bonchev–Trinajstić information content (AvgIpc) is 3.30. The minimum atomic E-state index is -4.60. The van der Waals surface area contributed by atoms with Crippen molar-refractivity contribution in [1.29, 1.82) is 0 Å². The van der Waals surface area contributed by atoms with E-state index >= 15 is 0 Å². The molecule has 2 aromatic rings. The third-order valence-electron chi connectivity index (χ3n) is 5.94. The summed E-state index contributed by atoms with van der Waals surface area (Å²) in [4.78, 5) is 25.4. The number of halogens is 4. The Morgan fingerprint density at radius 3 is 2.14 bits per heavy atom. The molecule has 1 aromatic carbocycles. The molecule has 1 saturated carbocycles. The molecular formula is C31H38F4N4O3. The summed E-state index contributed by atoms with van der Waals surface area (Å²) in [6, 6.07) is 5.67. The fourth-order valence-corrected chi connectivity index (χ4v) is 3.77. The molecule has 1 aromatic heterocycles. The molecule has 2 N–H and O–H groups in total. The number of aryl methyl sites for hydroxylation is 1. The number of nitrogens with zero attached hydrogens (tertiary/aromatic N) is 3. The van der Waals surface area contributed by atoms with E-state index < -0.39 is 23.9 Å². The van der Waals surface area contributed by atoms with E-state index in [1.165, 1.54) is 37.0 Å². The summed E-state index contributed by atoms with van der Waals surface area (Å²) in [6.45, 7) is 13.8. The predicted molar refractivity (Wildman–Crippen MR) is 157 cm³/mol. The van der Waals surface area contributed by atoms with Gasteiger partial charge in [-0.3, -0.25) is 19.3 Å². The number of ketones is 1. The van der Waals surface area contributed by atoms with E-state index in [-0.39, 0.29) is 12.3 Å². The number of aliphatic imine (C=N–C) groups is 1. The summed E-state index contributed by atoms with van der Waals surface area (Å²) < 4.78 is 51.4. The van der Waals surface area contributed by atoms with Crippen molar-refractivity contribution < 1.29 is 31.9 Å². The van der Waals surface area contributed by atoms with Gasteiger partial charge in [-0.1, -0.05) is 55.0 Å². The number of rotatable bonds is 9. The van der Waals surface area contributed by atoms with E-state index in [9.17, 15) is 27.2 Å². The zero-order chi connectivity index (χ0) is 32.0. The number of nitrogens with two attached hydrogens (primary N) is 1. The summed E-state index contributed by atoms with van der Waals surface area (Å²) in [5.74, 6) is -1.56. The minimum Gasteiger partial charge on any atom is -0.406 e. The van der Waals surface area contributed by atoms with Gasteiger partial charge >= 0.3 is 6.36 Å². The molecule has 0 aliphatic heterocycles. The van der Waals surface area contributed by atoms with Gasteiger partial charge in [-0.25, -0.2) is 4.39 Å². The van der Waals surface area contributed by atoms with Gasteiger partial charge < -0.3 is 10.5 Å². The van der Waals surface area contributed by atoms with Gasteiger partial charge in [0.1, 0.15) is 12.3 Å². The second-order valence-corrected chi connectivity index (χ2v) is 9.64. The van der Waals surface area contributed by atoms with Crippen molar-refractivity contribution in [2.75, 3.05) is 7.05 Å². The fourth-order valence-electron chi connectivity index (χ4n) is 3.77. The second-order valence-electron chi connectivity index (χ2n) is 9.64. The molecule has 0 atom stereocenters. The Kier molecular flexibility index (Phi) is 14.3. The number of benzene rings is 1. The number of carbonyl (C=O) groups excluding carboxylic acids is 2. The Morgan fingerprint density at radius 2 is 1.76 bits per heavy atom. The molecule has 0 unspecified atom stereocenters. The first-order valence-electron chi connectivity index (χ1n) is 13.1. The van der Waals surface area contributed by atoms with Crippen molar-refractivity contribution in [3.05, 3.63) is 90.1 Å². The number of primary amides is 1. The number of hydrogen-bond donors (Lipinski definition) is 1. The standard InChI is InChI=1S/C19H26N4O.C8H7F3O.C4H5FO/c1-5-7-16(15-10-22-23(11-15)12-17(20)24)18(13(2)3)19(21-4)14-8-6-9-14;1-6-2-4-7(5-3-6)12-8(9,10)11;1-3(5)4(2)6/h5,7,10-11,14H,1,6,8-9,12H2,2-4H3,(H2,20,24);2-5H,1H3;1H2,2H3/b16-7-,21-19?;;. The van der Waals surface area contributed by atoms with Gasteiger partial charge in [0.2, 0.25) is 5.91 Å². The van der Waals surface area contributed by atoms with Crippen LogP contribution in [0, 0.1) is 12.8 Å². The molecule has 1 amide bonds. The highest BCUT2D eigenvalue weighted by Gasteiger charge is 2.31. The molecule has 1 heterocycles. The summed E-state index contributed by atoms with van der Waals surface area (Å²) in [6.07, 6.45) is 6.39. The first-order valence-corrected chi connectivity index (χ1v) is 13.1. The van der Waals surface area contributed by atoms with E-state index in [0.29, 0.717) is 5.92 Å². The lowest BCUT2D eigenvalue weighted by molar-refractivity contribution is -0.274. The van der Waals surface area contributed by atoms with Crippen molar-refractivity contribution in [3.63, 3.8) is 0 Å². The molecule has 7 nitrogen and oxygen atoms in total. The van der Waals surface area contributed by atoms with Crippen molar-refractivity contribution in [1.82, 2.24) is 9.78 Å². The highest BCUT2D eigenvalue weighted by atomic mass is 19.4. The summed E-state index contributed by atoms with van der Waals surface area (Å²) >= 11 is 0. The zero-order valence-electron chi connectivity index (χ0n) is 24.6. The molecule has 3 rings (SSSR count). The molecule has 1 aliphatic rings. The Balaban J connectivity index is 0.000000405. The number of aromatic nitrogens is 2. The topological polar surface area (TPSA) is 99.6 Å². The first kappa shape index (κ1) is 35.7. The molecule has 1 aliphatic carbocycles. The van der Waals surface area contributed by atoms with Crippen LogP contribution >= 0.6 is 0 Å². The molecule has 42 heavy (non-hydrogen) atoms. The van der Waals surface area contributed by atoms with E-state index in [1.54, 1.807) is 36.0 Å². The van der Waals surface area contributed by atoms with Crippen LogP contribution in [0.25, 0.3) is 5.57 Å². The smallest absolute Gasteiger partial charge is 0.406 e. The Labute approximate surface area is 244 Å². The number of ether oxygens (including phenoxy) is 1. The first-order chi connectivity index (χ1) is 19.6. The molecule has 228 valence electrons. The van der Waals surface area contributed by atoms with Crippen LogP contribution in [-0.4, -0.2) is 40.6 Å². The summed E-state index contributed by atoms with van der Waals surface area (Å²) in [5, 5.41) is 4.24. The number of carbonyl (C=O) groups is 2. The maximum atomic E-state index is 11.6. The number of hydrogen-bond acceptors (Lipinski definition) is 5. The number of allylic oxidation sites excluding steroid dienone is 6. The van der Waals surface area contributed by atoms with Crippen LogP contribution in [0.2, 0.25) is 0 Å². The predicted octanol–water partition coefficient (Wildman–Crippen LogP) is 7.10. The largest absolute Gasteiger partial charge is 0.573 e. The molecule has 1 fully saturated rings. The molecule has 0 saturated heterocycles.